The number of hydrogen-bond donors (Lipinski definition) is 2. The van der Waals surface area contributed by atoms with Gasteiger partial charge in [0.15, 0.2) is 5.78 Å². The van der Waals surface area contributed by atoms with Gasteiger partial charge in [0.2, 0.25) is 10.0 Å². The molecule has 2 aromatic rings. The molecular formula is C20H21NO7S. The number of allylic oxidation sites excluding steroid dienone is 1. The fourth-order valence-corrected chi connectivity index (χ4v) is 3.42. The van der Waals surface area contributed by atoms with Crippen molar-refractivity contribution in [2.45, 2.75) is 11.3 Å². The zero-order valence-corrected chi connectivity index (χ0v) is 16.7. The first-order valence-corrected chi connectivity index (χ1v) is 10.0. The summed E-state index contributed by atoms with van der Waals surface area (Å²) in [5.74, 6) is -0.249. The molecule has 0 saturated heterocycles. The Hall–Kier alpha value is -3.17. The Balaban J connectivity index is 2.11. The molecule has 0 aliphatic rings. The lowest BCUT2D eigenvalue weighted by atomic mass is 10.1. The summed E-state index contributed by atoms with van der Waals surface area (Å²) in [6.45, 7) is -0.217. The molecule has 0 heterocycles. The SMILES string of the molecule is COc1ccc(C=CC(=O)c2ccc(S(=O)(=O)NCCC(=O)O)cc2)c(OC)c1. The Morgan fingerprint density at radius 2 is 1.76 bits per heavy atom. The van der Waals surface area contributed by atoms with Crippen molar-refractivity contribution < 1.29 is 32.6 Å². The molecule has 0 aromatic heterocycles. The van der Waals surface area contributed by atoms with Crippen molar-refractivity contribution in [3.05, 3.63) is 59.7 Å². The van der Waals surface area contributed by atoms with Gasteiger partial charge in [0.1, 0.15) is 11.5 Å². The molecule has 29 heavy (non-hydrogen) atoms. The number of carbonyl (C=O) groups excluding carboxylic acids is 1. The number of carboxylic acid groups (broad SMARTS) is 1. The topological polar surface area (TPSA) is 119 Å². The van der Waals surface area contributed by atoms with E-state index in [1.807, 2.05) is 0 Å². The Bertz CT molecular complexity index is 1010. The molecular weight excluding hydrogens is 398 g/mol. The highest BCUT2D eigenvalue weighted by atomic mass is 32.2. The third-order valence-corrected chi connectivity index (χ3v) is 5.41. The van der Waals surface area contributed by atoms with E-state index in [0.717, 1.165) is 0 Å². The third-order valence-electron chi connectivity index (χ3n) is 3.93. The lowest BCUT2D eigenvalue weighted by Gasteiger charge is -2.07. The lowest BCUT2D eigenvalue weighted by molar-refractivity contribution is -0.136. The van der Waals surface area contributed by atoms with Crippen LogP contribution in [0.3, 0.4) is 0 Å². The van der Waals surface area contributed by atoms with Crippen molar-refractivity contribution in [3.63, 3.8) is 0 Å². The molecule has 2 rings (SSSR count). The third kappa shape index (κ3) is 6.16. The molecule has 0 bridgehead atoms. The van der Waals surface area contributed by atoms with Crippen molar-refractivity contribution in [2.75, 3.05) is 20.8 Å². The van der Waals surface area contributed by atoms with Crippen LogP contribution in [0.1, 0.15) is 22.3 Å². The summed E-state index contributed by atoms with van der Waals surface area (Å²) in [7, 11) is -0.788. The van der Waals surface area contributed by atoms with Crippen LogP contribution in [0.5, 0.6) is 11.5 Å². The van der Waals surface area contributed by atoms with Gasteiger partial charge in [0.05, 0.1) is 25.5 Å². The largest absolute Gasteiger partial charge is 0.497 e. The van der Waals surface area contributed by atoms with Crippen LogP contribution in [0.4, 0.5) is 0 Å². The Kier molecular flexibility index (Phi) is 7.52. The Morgan fingerprint density at radius 3 is 2.34 bits per heavy atom. The van der Waals surface area contributed by atoms with Gasteiger partial charge in [0, 0.05) is 23.7 Å². The van der Waals surface area contributed by atoms with Crippen molar-refractivity contribution >= 4 is 27.9 Å². The molecule has 9 heteroatoms. The molecule has 0 saturated carbocycles. The second-order valence-corrected chi connectivity index (χ2v) is 7.64. The van der Waals surface area contributed by atoms with Gasteiger partial charge in [-0.2, -0.15) is 0 Å². The van der Waals surface area contributed by atoms with Gasteiger partial charge in [-0.3, -0.25) is 9.59 Å². The molecule has 0 aliphatic heterocycles. The number of rotatable bonds is 10. The van der Waals surface area contributed by atoms with Crippen LogP contribution in [0.2, 0.25) is 0 Å². The summed E-state index contributed by atoms with van der Waals surface area (Å²) in [5.41, 5.74) is 0.988. The number of carbonyl (C=O) groups is 2. The molecule has 2 N–H and O–H groups in total. The summed E-state index contributed by atoms with van der Waals surface area (Å²) < 4.78 is 36.8. The average Bonchev–Trinajstić information content (AvgIpc) is 2.71. The lowest BCUT2D eigenvalue weighted by Crippen LogP contribution is -2.26. The number of aliphatic carboxylic acids is 1. The number of carboxylic acids is 1. The van der Waals surface area contributed by atoms with Crippen LogP contribution in [0.15, 0.2) is 53.4 Å². The summed E-state index contributed by atoms with van der Waals surface area (Å²) in [6, 6.07) is 10.6. The highest BCUT2D eigenvalue weighted by Crippen LogP contribution is 2.25. The molecule has 0 unspecified atom stereocenters. The highest BCUT2D eigenvalue weighted by Gasteiger charge is 2.14. The molecule has 0 aliphatic carbocycles. The molecule has 0 fully saturated rings. The summed E-state index contributed by atoms with van der Waals surface area (Å²) in [6.07, 6.45) is 2.63. The minimum absolute atomic E-state index is 0.0553. The van der Waals surface area contributed by atoms with Gasteiger partial charge in [-0.1, -0.05) is 0 Å². The van der Waals surface area contributed by atoms with E-state index >= 15 is 0 Å². The summed E-state index contributed by atoms with van der Waals surface area (Å²) in [4.78, 5) is 22.8. The molecule has 0 amide bonds. The van der Waals surface area contributed by atoms with E-state index in [-0.39, 0.29) is 23.6 Å². The number of sulfonamides is 1. The van der Waals surface area contributed by atoms with E-state index in [0.29, 0.717) is 22.6 Å². The molecule has 0 spiro atoms. The van der Waals surface area contributed by atoms with E-state index < -0.39 is 16.0 Å². The summed E-state index contributed by atoms with van der Waals surface area (Å²) in [5, 5.41) is 8.58. The predicted molar refractivity (Wildman–Crippen MR) is 107 cm³/mol. The van der Waals surface area contributed by atoms with Crippen molar-refractivity contribution in [1.29, 1.82) is 0 Å². The zero-order valence-electron chi connectivity index (χ0n) is 15.9. The monoisotopic (exact) mass is 419 g/mol. The normalized spacial score (nSPS) is 11.4. The van der Waals surface area contributed by atoms with Crippen LogP contribution in [-0.2, 0) is 14.8 Å². The maximum absolute atomic E-state index is 12.4. The van der Waals surface area contributed by atoms with Crippen LogP contribution in [-0.4, -0.2) is 46.0 Å². The van der Waals surface area contributed by atoms with Crippen molar-refractivity contribution in [1.82, 2.24) is 4.72 Å². The number of hydrogen-bond acceptors (Lipinski definition) is 6. The molecule has 0 radical (unpaired) electrons. The minimum atomic E-state index is -3.84. The van der Waals surface area contributed by atoms with E-state index in [4.69, 9.17) is 14.6 Å². The number of methoxy groups -OCH3 is 2. The first-order valence-electron chi connectivity index (χ1n) is 8.53. The van der Waals surface area contributed by atoms with Crippen molar-refractivity contribution in [3.8, 4) is 11.5 Å². The molecule has 2 aromatic carbocycles. The van der Waals surface area contributed by atoms with E-state index in [1.54, 1.807) is 31.4 Å². The Labute approximate surface area is 168 Å². The fraction of sp³-hybridized carbons (Fsp3) is 0.200. The fourth-order valence-electron chi connectivity index (χ4n) is 2.39. The van der Waals surface area contributed by atoms with E-state index in [9.17, 15) is 18.0 Å². The van der Waals surface area contributed by atoms with E-state index in [1.165, 1.54) is 37.5 Å². The van der Waals surface area contributed by atoms with Gasteiger partial charge in [0.25, 0.3) is 0 Å². The quantitative estimate of drug-likeness (QED) is 0.448. The van der Waals surface area contributed by atoms with Gasteiger partial charge < -0.3 is 14.6 Å². The minimum Gasteiger partial charge on any atom is -0.497 e. The van der Waals surface area contributed by atoms with Crippen LogP contribution in [0, 0.1) is 0 Å². The van der Waals surface area contributed by atoms with Gasteiger partial charge in [-0.15, -0.1) is 0 Å². The van der Waals surface area contributed by atoms with E-state index in [2.05, 4.69) is 4.72 Å². The maximum atomic E-state index is 12.4. The number of ether oxygens (including phenoxy) is 2. The predicted octanol–water partition coefficient (Wildman–Crippen LogP) is 2.35. The van der Waals surface area contributed by atoms with Crippen molar-refractivity contribution in [2.24, 2.45) is 0 Å². The average molecular weight is 419 g/mol. The zero-order chi connectivity index (χ0) is 21.4. The van der Waals surface area contributed by atoms with Crippen LogP contribution < -0.4 is 14.2 Å². The smallest absolute Gasteiger partial charge is 0.304 e. The summed E-state index contributed by atoms with van der Waals surface area (Å²) >= 11 is 0. The number of ketones is 1. The Morgan fingerprint density at radius 1 is 1.07 bits per heavy atom. The van der Waals surface area contributed by atoms with Gasteiger partial charge >= 0.3 is 5.97 Å². The van der Waals surface area contributed by atoms with Crippen LogP contribution >= 0.6 is 0 Å². The molecule has 0 atom stereocenters. The molecule has 154 valence electrons. The maximum Gasteiger partial charge on any atom is 0.304 e. The first-order chi connectivity index (χ1) is 13.8. The standard InChI is InChI=1S/C20H21NO7S/c1-27-16-7-3-15(19(13-16)28-2)6-10-18(22)14-4-8-17(9-5-14)29(25,26)21-12-11-20(23)24/h3-10,13,21H,11-12H2,1-2H3,(H,23,24). The second-order valence-electron chi connectivity index (χ2n) is 5.87. The first kappa shape index (κ1) is 22.1. The molecule has 8 nitrogen and oxygen atoms in total. The number of benzene rings is 2. The second kappa shape index (κ2) is 9.85. The number of nitrogens with one attached hydrogen (secondary N) is 1. The van der Waals surface area contributed by atoms with Crippen LogP contribution in [0.25, 0.3) is 6.08 Å². The highest BCUT2D eigenvalue weighted by molar-refractivity contribution is 7.89. The van der Waals surface area contributed by atoms with Gasteiger partial charge in [-0.25, -0.2) is 13.1 Å². The van der Waals surface area contributed by atoms with Gasteiger partial charge in [-0.05, 0) is 48.6 Å².